The molecular formula is C12H12BrN3O. The molecule has 17 heavy (non-hydrogen) atoms. The third-order valence-electron chi connectivity index (χ3n) is 2.46. The third-order valence-corrected chi connectivity index (χ3v) is 3.06. The van der Waals surface area contributed by atoms with Crippen molar-refractivity contribution in [2.75, 3.05) is 5.32 Å². The van der Waals surface area contributed by atoms with Crippen LogP contribution in [0.5, 0.6) is 0 Å². The molecule has 0 saturated carbocycles. The van der Waals surface area contributed by atoms with Crippen molar-refractivity contribution in [2.24, 2.45) is 0 Å². The van der Waals surface area contributed by atoms with E-state index in [0.29, 0.717) is 10.2 Å². The first-order chi connectivity index (χ1) is 8.08. The highest BCUT2D eigenvalue weighted by atomic mass is 79.9. The fraction of sp³-hybridized carbons (Fsp3) is 0.167. The number of anilines is 1. The van der Waals surface area contributed by atoms with Crippen LogP contribution in [0.4, 0.5) is 5.69 Å². The molecule has 0 aliphatic rings. The zero-order valence-electron chi connectivity index (χ0n) is 9.54. The summed E-state index contributed by atoms with van der Waals surface area (Å²) < 4.78 is 0.653. The Labute approximate surface area is 108 Å². The lowest BCUT2D eigenvalue weighted by atomic mass is 10.1. The fourth-order valence-corrected chi connectivity index (χ4v) is 1.86. The number of benzene rings is 1. The van der Waals surface area contributed by atoms with Crippen LogP contribution in [0.1, 0.15) is 21.6 Å². The predicted octanol–water partition coefficient (Wildman–Crippen LogP) is 3.04. The lowest BCUT2D eigenvalue weighted by Crippen LogP contribution is -2.14. The van der Waals surface area contributed by atoms with Gasteiger partial charge in [-0.1, -0.05) is 12.1 Å². The number of hydrogen-bond donors (Lipinski definition) is 2. The summed E-state index contributed by atoms with van der Waals surface area (Å²) in [6.07, 6.45) is 1.55. The van der Waals surface area contributed by atoms with E-state index >= 15 is 0 Å². The first kappa shape index (κ1) is 11.9. The van der Waals surface area contributed by atoms with Crippen LogP contribution < -0.4 is 5.32 Å². The summed E-state index contributed by atoms with van der Waals surface area (Å²) in [5.74, 6) is -0.205. The number of amides is 1. The minimum Gasteiger partial charge on any atom is -0.320 e. The number of H-pyrrole nitrogens is 1. The summed E-state index contributed by atoms with van der Waals surface area (Å²) in [6, 6.07) is 5.93. The van der Waals surface area contributed by atoms with Gasteiger partial charge in [-0.25, -0.2) is 0 Å². The highest BCUT2D eigenvalue weighted by Crippen LogP contribution is 2.19. The Morgan fingerprint density at radius 2 is 2.18 bits per heavy atom. The van der Waals surface area contributed by atoms with E-state index < -0.39 is 0 Å². The van der Waals surface area contributed by atoms with Crippen LogP contribution in [0, 0.1) is 13.8 Å². The van der Waals surface area contributed by atoms with E-state index in [-0.39, 0.29) is 5.91 Å². The van der Waals surface area contributed by atoms with Crippen molar-refractivity contribution in [1.29, 1.82) is 0 Å². The number of halogens is 1. The molecule has 0 aliphatic heterocycles. The lowest BCUT2D eigenvalue weighted by Gasteiger charge is -2.08. The minimum atomic E-state index is -0.205. The number of nitrogens with one attached hydrogen (secondary N) is 2. The molecule has 2 rings (SSSR count). The molecule has 1 aromatic carbocycles. The molecule has 0 radical (unpaired) electrons. The Morgan fingerprint density at radius 1 is 1.41 bits per heavy atom. The maximum absolute atomic E-state index is 11.9. The third kappa shape index (κ3) is 2.55. The minimum absolute atomic E-state index is 0.205. The van der Waals surface area contributed by atoms with E-state index in [1.165, 1.54) is 0 Å². The van der Waals surface area contributed by atoms with Crippen LogP contribution in [0.15, 0.2) is 28.9 Å². The van der Waals surface area contributed by atoms with Gasteiger partial charge in [0.05, 0.1) is 10.7 Å². The van der Waals surface area contributed by atoms with Crippen LogP contribution in [0.25, 0.3) is 0 Å². The molecule has 0 spiro atoms. The highest BCUT2D eigenvalue weighted by Gasteiger charge is 2.12. The van der Waals surface area contributed by atoms with Crippen LogP contribution in [0.2, 0.25) is 0 Å². The number of carbonyl (C=O) groups excluding carboxylic acids is 1. The standard InChI is InChI=1S/C12H12BrN3O/c1-7-3-4-8(2)10(5-7)15-12(17)11-9(13)6-14-16-11/h3-6H,1-2H3,(H,14,16)(H,15,17). The normalized spacial score (nSPS) is 10.3. The first-order valence-electron chi connectivity index (χ1n) is 5.15. The van der Waals surface area contributed by atoms with Crippen LogP contribution >= 0.6 is 15.9 Å². The Morgan fingerprint density at radius 3 is 2.82 bits per heavy atom. The quantitative estimate of drug-likeness (QED) is 0.894. The first-order valence-corrected chi connectivity index (χ1v) is 5.94. The second kappa shape index (κ2) is 4.71. The number of carbonyl (C=O) groups is 1. The van der Waals surface area contributed by atoms with Gasteiger partial charge in [-0.15, -0.1) is 0 Å². The molecule has 1 amide bonds. The SMILES string of the molecule is Cc1ccc(C)c(NC(=O)c2[nH]ncc2Br)c1. The summed E-state index contributed by atoms with van der Waals surface area (Å²) >= 11 is 3.26. The number of hydrogen-bond acceptors (Lipinski definition) is 2. The number of aryl methyl sites for hydroxylation is 2. The lowest BCUT2D eigenvalue weighted by molar-refractivity contribution is 0.102. The summed E-state index contributed by atoms with van der Waals surface area (Å²) in [5, 5.41) is 9.30. The van der Waals surface area contributed by atoms with Gasteiger partial charge in [-0.3, -0.25) is 9.89 Å². The van der Waals surface area contributed by atoms with Gasteiger partial charge in [0, 0.05) is 5.69 Å². The Hall–Kier alpha value is -1.62. The smallest absolute Gasteiger partial charge is 0.274 e. The van der Waals surface area contributed by atoms with Gasteiger partial charge in [0.1, 0.15) is 5.69 Å². The molecule has 0 saturated heterocycles. The maximum Gasteiger partial charge on any atom is 0.274 e. The molecule has 88 valence electrons. The van der Waals surface area contributed by atoms with E-state index in [0.717, 1.165) is 16.8 Å². The average molecular weight is 294 g/mol. The molecule has 2 aromatic rings. The number of nitrogens with zero attached hydrogens (tertiary/aromatic N) is 1. The number of rotatable bonds is 2. The topological polar surface area (TPSA) is 57.8 Å². The van der Waals surface area contributed by atoms with Gasteiger partial charge in [-0.2, -0.15) is 5.10 Å². The van der Waals surface area contributed by atoms with Gasteiger partial charge in [0.25, 0.3) is 5.91 Å². The van der Waals surface area contributed by atoms with Crippen molar-refractivity contribution in [2.45, 2.75) is 13.8 Å². The van der Waals surface area contributed by atoms with Gasteiger partial charge < -0.3 is 5.32 Å². The zero-order chi connectivity index (χ0) is 12.4. The summed E-state index contributed by atoms with van der Waals surface area (Å²) in [7, 11) is 0. The Kier molecular flexibility index (Phi) is 3.28. The largest absolute Gasteiger partial charge is 0.320 e. The summed E-state index contributed by atoms with van der Waals surface area (Å²) in [6.45, 7) is 3.94. The predicted molar refractivity (Wildman–Crippen MR) is 70.2 cm³/mol. The van der Waals surface area contributed by atoms with E-state index in [9.17, 15) is 4.79 Å². The Bertz CT molecular complexity index is 563. The molecule has 0 aliphatic carbocycles. The molecule has 5 heteroatoms. The fourth-order valence-electron chi connectivity index (χ4n) is 1.49. The molecule has 0 bridgehead atoms. The molecule has 1 aromatic heterocycles. The van der Waals surface area contributed by atoms with Crippen molar-refractivity contribution < 1.29 is 4.79 Å². The second-order valence-electron chi connectivity index (χ2n) is 3.87. The number of aromatic amines is 1. The van der Waals surface area contributed by atoms with E-state index in [1.807, 2.05) is 32.0 Å². The van der Waals surface area contributed by atoms with Gasteiger partial charge in [-0.05, 0) is 47.0 Å². The number of aromatic nitrogens is 2. The monoisotopic (exact) mass is 293 g/mol. The molecule has 4 nitrogen and oxygen atoms in total. The molecule has 0 fully saturated rings. The van der Waals surface area contributed by atoms with Crippen molar-refractivity contribution >= 4 is 27.5 Å². The maximum atomic E-state index is 11.9. The molecule has 0 atom stereocenters. The van der Waals surface area contributed by atoms with Gasteiger partial charge in [0.2, 0.25) is 0 Å². The zero-order valence-corrected chi connectivity index (χ0v) is 11.1. The van der Waals surface area contributed by atoms with Crippen LogP contribution in [0.3, 0.4) is 0 Å². The van der Waals surface area contributed by atoms with Crippen molar-refractivity contribution in [3.63, 3.8) is 0 Å². The van der Waals surface area contributed by atoms with Gasteiger partial charge >= 0.3 is 0 Å². The molecular weight excluding hydrogens is 282 g/mol. The highest BCUT2D eigenvalue weighted by molar-refractivity contribution is 9.10. The Balaban J connectivity index is 2.24. The molecule has 1 heterocycles. The van der Waals surface area contributed by atoms with Crippen molar-refractivity contribution in [3.8, 4) is 0 Å². The van der Waals surface area contributed by atoms with Crippen LogP contribution in [-0.4, -0.2) is 16.1 Å². The van der Waals surface area contributed by atoms with E-state index in [2.05, 4.69) is 31.4 Å². The summed E-state index contributed by atoms with van der Waals surface area (Å²) in [5.41, 5.74) is 3.37. The van der Waals surface area contributed by atoms with Crippen molar-refractivity contribution in [1.82, 2.24) is 10.2 Å². The second-order valence-corrected chi connectivity index (χ2v) is 4.72. The molecule has 0 unspecified atom stereocenters. The van der Waals surface area contributed by atoms with E-state index in [1.54, 1.807) is 6.20 Å². The average Bonchev–Trinajstić information content (AvgIpc) is 2.70. The van der Waals surface area contributed by atoms with Crippen molar-refractivity contribution in [3.05, 3.63) is 45.7 Å². The molecule has 2 N–H and O–H groups in total. The summed E-state index contributed by atoms with van der Waals surface area (Å²) in [4.78, 5) is 11.9. The van der Waals surface area contributed by atoms with Gasteiger partial charge in [0.15, 0.2) is 0 Å². The van der Waals surface area contributed by atoms with Crippen LogP contribution in [-0.2, 0) is 0 Å². The van der Waals surface area contributed by atoms with E-state index in [4.69, 9.17) is 0 Å².